The Morgan fingerprint density at radius 2 is 2.08 bits per heavy atom. The summed E-state index contributed by atoms with van der Waals surface area (Å²) in [4.78, 5) is 11.5. The highest BCUT2D eigenvalue weighted by Gasteiger charge is 2.35. The zero-order chi connectivity index (χ0) is 9.35. The van der Waals surface area contributed by atoms with Crippen LogP contribution in [0.2, 0.25) is 0 Å². The fraction of sp³-hybridized carbons (Fsp3) is 0.900. The van der Waals surface area contributed by atoms with Crippen molar-refractivity contribution in [2.75, 3.05) is 0 Å². The van der Waals surface area contributed by atoms with E-state index in [1.54, 1.807) is 0 Å². The molecule has 2 unspecified atom stereocenters. The Balaban J connectivity index is 2.68. The minimum absolute atomic E-state index is 0.133. The fourth-order valence-electron chi connectivity index (χ4n) is 1.90. The van der Waals surface area contributed by atoms with Gasteiger partial charge >= 0.3 is 0 Å². The van der Waals surface area contributed by atoms with E-state index in [-0.39, 0.29) is 10.7 Å². The molecular weight excluding hydrogens is 168 g/mol. The molecule has 0 saturated heterocycles. The van der Waals surface area contributed by atoms with E-state index in [1.807, 2.05) is 13.8 Å². The monoisotopic (exact) mass is 186 g/mol. The Labute approximate surface area is 80.3 Å². The van der Waals surface area contributed by atoms with Crippen molar-refractivity contribution in [2.24, 2.45) is 11.8 Å². The SMILES string of the molecule is CC1CCC(=O)C(C(C)(C)S)C1. The smallest absolute Gasteiger partial charge is 0.137 e. The van der Waals surface area contributed by atoms with Gasteiger partial charge in [0.1, 0.15) is 5.78 Å². The van der Waals surface area contributed by atoms with Crippen molar-refractivity contribution in [1.29, 1.82) is 0 Å². The van der Waals surface area contributed by atoms with Crippen LogP contribution < -0.4 is 0 Å². The lowest BCUT2D eigenvalue weighted by Gasteiger charge is -2.34. The summed E-state index contributed by atoms with van der Waals surface area (Å²) in [7, 11) is 0. The zero-order valence-corrected chi connectivity index (χ0v) is 9.03. The van der Waals surface area contributed by atoms with Gasteiger partial charge in [0.2, 0.25) is 0 Å². The summed E-state index contributed by atoms with van der Waals surface area (Å²) in [5, 5.41) is 0. The second-order valence-corrected chi connectivity index (χ2v) is 5.70. The molecule has 1 rings (SSSR count). The number of Topliss-reactive ketones (excluding diaryl/α,β-unsaturated/α-hetero) is 1. The average molecular weight is 186 g/mol. The molecule has 0 radical (unpaired) electrons. The number of carbonyl (C=O) groups excluding carboxylic acids is 1. The van der Waals surface area contributed by atoms with E-state index in [1.165, 1.54) is 0 Å². The predicted molar refractivity (Wildman–Crippen MR) is 54.6 cm³/mol. The lowest BCUT2D eigenvalue weighted by Crippen LogP contribution is -2.36. The first-order chi connectivity index (χ1) is 5.41. The predicted octanol–water partition coefficient (Wildman–Crippen LogP) is 2.70. The summed E-state index contributed by atoms with van der Waals surface area (Å²) in [6.07, 6.45) is 2.85. The van der Waals surface area contributed by atoms with Gasteiger partial charge < -0.3 is 0 Å². The zero-order valence-electron chi connectivity index (χ0n) is 8.13. The van der Waals surface area contributed by atoms with Gasteiger partial charge in [0.25, 0.3) is 0 Å². The van der Waals surface area contributed by atoms with Gasteiger partial charge in [-0.1, -0.05) is 20.8 Å². The third-order valence-electron chi connectivity index (χ3n) is 2.76. The molecule has 12 heavy (non-hydrogen) atoms. The van der Waals surface area contributed by atoms with Crippen molar-refractivity contribution in [1.82, 2.24) is 0 Å². The van der Waals surface area contributed by atoms with Crippen LogP contribution in [0.15, 0.2) is 0 Å². The highest BCUT2D eigenvalue weighted by atomic mass is 32.1. The van der Waals surface area contributed by atoms with Crippen molar-refractivity contribution < 1.29 is 4.79 Å². The first-order valence-corrected chi connectivity index (χ1v) is 5.11. The summed E-state index contributed by atoms with van der Waals surface area (Å²) >= 11 is 4.48. The van der Waals surface area contributed by atoms with E-state index < -0.39 is 0 Å². The molecule has 0 amide bonds. The second kappa shape index (κ2) is 3.41. The van der Waals surface area contributed by atoms with Crippen LogP contribution in [0.25, 0.3) is 0 Å². The first kappa shape index (κ1) is 10.1. The molecule has 0 aromatic rings. The molecule has 0 heterocycles. The Morgan fingerprint density at radius 3 is 2.50 bits per heavy atom. The Morgan fingerprint density at radius 1 is 1.50 bits per heavy atom. The van der Waals surface area contributed by atoms with E-state index in [9.17, 15) is 4.79 Å². The molecule has 0 aliphatic heterocycles. The van der Waals surface area contributed by atoms with Gasteiger partial charge in [-0.25, -0.2) is 0 Å². The first-order valence-electron chi connectivity index (χ1n) is 4.66. The van der Waals surface area contributed by atoms with Gasteiger partial charge in [0.05, 0.1) is 0 Å². The lowest BCUT2D eigenvalue weighted by molar-refractivity contribution is -0.126. The Bertz CT molecular complexity index is 181. The van der Waals surface area contributed by atoms with E-state index in [4.69, 9.17) is 0 Å². The van der Waals surface area contributed by atoms with Crippen molar-refractivity contribution >= 4 is 18.4 Å². The van der Waals surface area contributed by atoms with Crippen LogP contribution >= 0.6 is 12.6 Å². The van der Waals surface area contributed by atoms with Gasteiger partial charge in [-0.05, 0) is 18.8 Å². The molecule has 0 aromatic heterocycles. The van der Waals surface area contributed by atoms with Crippen molar-refractivity contribution in [3.8, 4) is 0 Å². The molecular formula is C10H18OS. The topological polar surface area (TPSA) is 17.1 Å². The summed E-state index contributed by atoms with van der Waals surface area (Å²) in [6.45, 7) is 6.30. The van der Waals surface area contributed by atoms with Crippen molar-refractivity contribution in [3.05, 3.63) is 0 Å². The summed E-state index contributed by atoms with van der Waals surface area (Å²) in [5.74, 6) is 1.27. The summed E-state index contributed by atoms with van der Waals surface area (Å²) in [6, 6.07) is 0. The van der Waals surface area contributed by atoms with Crippen LogP contribution in [0.3, 0.4) is 0 Å². The van der Waals surface area contributed by atoms with Crippen molar-refractivity contribution in [3.63, 3.8) is 0 Å². The molecule has 1 fully saturated rings. The molecule has 0 bridgehead atoms. The van der Waals surface area contributed by atoms with Crippen LogP contribution in [0, 0.1) is 11.8 Å². The molecule has 0 spiro atoms. The van der Waals surface area contributed by atoms with Crippen LogP contribution in [0.4, 0.5) is 0 Å². The van der Waals surface area contributed by atoms with Gasteiger partial charge in [-0.2, -0.15) is 12.6 Å². The molecule has 1 aliphatic rings. The van der Waals surface area contributed by atoms with Gasteiger partial charge in [-0.3, -0.25) is 4.79 Å². The maximum atomic E-state index is 11.5. The fourth-order valence-corrected chi connectivity index (χ4v) is 2.15. The maximum absolute atomic E-state index is 11.5. The highest BCUT2D eigenvalue weighted by molar-refractivity contribution is 7.81. The standard InChI is InChI=1S/C10H18OS/c1-7-4-5-9(11)8(6-7)10(2,3)12/h7-8,12H,4-6H2,1-3H3. The van der Waals surface area contributed by atoms with Gasteiger partial charge in [-0.15, -0.1) is 0 Å². The van der Waals surface area contributed by atoms with E-state index in [2.05, 4.69) is 19.6 Å². The third-order valence-corrected chi connectivity index (χ3v) is 3.07. The Hall–Kier alpha value is 0.0200. The molecule has 0 N–H and O–H groups in total. The normalized spacial score (nSPS) is 32.2. The number of carbonyl (C=O) groups is 1. The number of rotatable bonds is 1. The number of hydrogen-bond acceptors (Lipinski definition) is 2. The molecule has 1 aliphatic carbocycles. The molecule has 0 aromatic carbocycles. The van der Waals surface area contributed by atoms with Gasteiger partial charge in [0.15, 0.2) is 0 Å². The van der Waals surface area contributed by atoms with Crippen LogP contribution in [0.1, 0.15) is 40.0 Å². The van der Waals surface area contributed by atoms with Gasteiger partial charge in [0, 0.05) is 17.1 Å². The number of thiol groups is 1. The van der Waals surface area contributed by atoms with Crippen LogP contribution in [0.5, 0.6) is 0 Å². The quantitative estimate of drug-likeness (QED) is 0.623. The minimum atomic E-state index is -0.133. The molecule has 1 nitrogen and oxygen atoms in total. The van der Waals surface area contributed by atoms with Crippen LogP contribution in [-0.4, -0.2) is 10.5 Å². The van der Waals surface area contributed by atoms with E-state index in [0.717, 1.165) is 19.3 Å². The third kappa shape index (κ3) is 2.25. The number of ketones is 1. The maximum Gasteiger partial charge on any atom is 0.137 e. The Kier molecular flexibility index (Phi) is 2.87. The summed E-state index contributed by atoms with van der Waals surface area (Å²) in [5.41, 5.74) is 0. The minimum Gasteiger partial charge on any atom is -0.299 e. The summed E-state index contributed by atoms with van der Waals surface area (Å²) < 4.78 is -0.133. The molecule has 2 atom stereocenters. The van der Waals surface area contributed by atoms with E-state index >= 15 is 0 Å². The average Bonchev–Trinajstić information content (AvgIpc) is 1.92. The molecule has 1 saturated carbocycles. The second-order valence-electron chi connectivity index (χ2n) is 4.55. The lowest BCUT2D eigenvalue weighted by atomic mass is 9.75. The molecule has 70 valence electrons. The highest BCUT2D eigenvalue weighted by Crippen LogP contribution is 2.36. The van der Waals surface area contributed by atoms with Crippen LogP contribution in [-0.2, 0) is 4.79 Å². The number of hydrogen-bond donors (Lipinski definition) is 1. The largest absolute Gasteiger partial charge is 0.299 e. The van der Waals surface area contributed by atoms with Crippen molar-refractivity contribution in [2.45, 2.75) is 44.8 Å². The van der Waals surface area contributed by atoms with E-state index in [0.29, 0.717) is 11.7 Å². The molecule has 2 heteroatoms.